The van der Waals surface area contributed by atoms with Crippen molar-refractivity contribution in [1.29, 1.82) is 0 Å². The van der Waals surface area contributed by atoms with Gasteiger partial charge in [0.1, 0.15) is 18.4 Å². The molecule has 0 saturated carbocycles. The molecule has 0 unspecified atom stereocenters. The van der Waals surface area contributed by atoms with Crippen LogP contribution in [0.2, 0.25) is 15.1 Å². The smallest absolute Gasteiger partial charge is 0.218 e. The molecule has 112 valence electrons. The normalized spacial score (nSPS) is 12.6. The van der Waals surface area contributed by atoms with E-state index < -0.39 is 0 Å². The van der Waals surface area contributed by atoms with Gasteiger partial charge in [-0.2, -0.15) is 9.78 Å². The van der Waals surface area contributed by atoms with Crippen LogP contribution in [0.4, 0.5) is 0 Å². The first-order valence-corrected chi connectivity index (χ1v) is 7.30. The predicted molar refractivity (Wildman–Crippen MR) is 85.9 cm³/mol. The Morgan fingerprint density at radius 3 is 2.29 bits per heavy atom. The molecule has 1 heterocycles. The molecular formula is C14H14Cl3N3O. The van der Waals surface area contributed by atoms with Crippen molar-refractivity contribution in [3.05, 3.63) is 45.9 Å². The van der Waals surface area contributed by atoms with Crippen LogP contribution in [0.15, 0.2) is 30.9 Å². The van der Waals surface area contributed by atoms with E-state index in [1.807, 2.05) is 6.08 Å². The van der Waals surface area contributed by atoms with Crippen LogP contribution in [-0.2, 0) is 0 Å². The Balaban J connectivity index is 2.39. The number of hydrogen-bond donors (Lipinski definition) is 0. The average molecular weight is 347 g/mol. The van der Waals surface area contributed by atoms with E-state index in [0.29, 0.717) is 26.7 Å². The van der Waals surface area contributed by atoms with Crippen molar-refractivity contribution in [2.75, 3.05) is 0 Å². The fraction of sp³-hybridized carbons (Fsp3) is 0.286. The minimum atomic E-state index is -0.110. The minimum Gasteiger partial charge on any atom is -0.439 e. The molecule has 2 aromatic rings. The summed E-state index contributed by atoms with van der Waals surface area (Å²) in [5.74, 6) is 0.981. The van der Waals surface area contributed by atoms with Gasteiger partial charge in [-0.3, -0.25) is 0 Å². The van der Waals surface area contributed by atoms with E-state index in [-0.39, 0.29) is 5.41 Å². The highest BCUT2D eigenvalue weighted by atomic mass is 35.5. The molecule has 1 aromatic carbocycles. The Bertz CT molecular complexity index is 638. The van der Waals surface area contributed by atoms with Crippen LogP contribution >= 0.6 is 34.8 Å². The van der Waals surface area contributed by atoms with Gasteiger partial charge >= 0.3 is 0 Å². The molecule has 0 spiro atoms. The lowest BCUT2D eigenvalue weighted by Crippen LogP contribution is -2.10. The van der Waals surface area contributed by atoms with Crippen LogP contribution < -0.4 is 4.74 Å². The van der Waals surface area contributed by atoms with Crippen LogP contribution in [0.25, 0.3) is 5.88 Å². The van der Waals surface area contributed by atoms with Gasteiger partial charge in [0.15, 0.2) is 0 Å². The number of nitrogens with zero attached hydrogens (tertiary/aromatic N) is 3. The fourth-order valence-electron chi connectivity index (χ4n) is 1.55. The molecule has 0 aliphatic rings. The van der Waals surface area contributed by atoms with E-state index >= 15 is 0 Å². The molecule has 0 saturated heterocycles. The lowest BCUT2D eigenvalue weighted by molar-refractivity contribution is 0.443. The van der Waals surface area contributed by atoms with Crippen molar-refractivity contribution in [3.8, 4) is 5.75 Å². The van der Waals surface area contributed by atoms with Gasteiger partial charge in [-0.15, -0.1) is 0 Å². The van der Waals surface area contributed by atoms with E-state index in [1.54, 1.807) is 18.5 Å². The van der Waals surface area contributed by atoms with E-state index in [9.17, 15) is 0 Å². The molecule has 0 atom stereocenters. The van der Waals surface area contributed by atoms with E-state index in [2.05, 4.69) is 30.9 Å². The Kier molecular flexibility index (Phi) is 4.81. The third kappa shape index (κ3) is 4.37. The molecule has 21 heavy (non-hydrogen) atoms. The van der Waals surface area contributed by atoms with Gasteiger partial charge in [-0.25, -0.2) is 4.98 Å². The van der Waals surface area contributed by atoms with Crippen molar-refractivity contribution in [2.24, 2.45) is 5.41 Å². The molecule has 0 fully saturated rings. The highest BCUT2D eigenvalue weighted by molar-refractivity contribution is 6.48. The summed E-state index contributed by atoms with van der Waals surface area (Å²) in [6, 6.07) is 3.20. The summed E-state index contributed by atoms with van der Waals surface area (Å²) in [4.78, 5) is 3.92. The number of benzene rings is 1. The second-order valence-electron chi connectivity index (χ2n) is 5.49. The second kappa shape index (κ2) is 6.26. The van der Waals surface area contributed by atoms with Crippen molar-refractivity contribution in [3.63, 3.8) is 0 Å². The molecule has 2 rings (SSSR count). The Labute approximate surface area is 138 Å². The van der Waals surface area contributed by atoms with E-state index in [4.69, 9.17) is 39.5 Å². The molecule has 0 aliphatic heterocycles. The summed E-state index contributed by atoms with van der Waals surface area (Å²) in [5.41, 5.74) is -0.110. The molecule has 4 nitrogen and oxygen atoms in total. The summed E-state index contributed by atoms with van der Waals surface area (Å²) < 4.78 is 7.38. The lowest BCUT2D eigenvalue weighted by atomic mass is 9.97. The lowest BCUT2D eigenvalue weighted by Gasteiger charge is -2.17. The molecular weight excluding hydrogens is 333 g/mol. The van der Waals surface area contributed by atoms with Crippen molar-refractivity contribution < 1.29 is 4.74 Å². The van der Waals surface area contributed by atoms with Gasteiger partial charge < -0.3 is 4.74 Å². The Morgan fingerprint density at radius 1 is 1.19 bits per heavy atom. The van der Waals surface area contributed by atoms with Crippen LogP contribution in [0.3, 0.4) is 0 Å². The van der Waals surface area contributed by atoms with Crippen molar-refractivity contribution >= 4 is 40.7 Å². The molecule has 1 aromatic heterocycles. The Hall–Kier alpha value is -1.23. The third-order valence-electron chi connectivity index (χ3n) is 2.38. The zero-order valence-corrected chi connectivity index (χ0v) is 14.0. The van der Waals surface area contributed by atoms with Gasteiger partial charge in [-0.1, -0.05) is 55.6 Å². The van der Waals surface area contributed by atoms with Crippen LogP contribution in [0.1, 0.15) is 20.8 Å². The summed E-state index contributed by atoms with van der Waals surface area (Å²) in [6.45, 7) is 6.15. The third-order valence-corrected chi connectivity index (χ3v) is 3.58. The number of halogens is 3. The number of rotatable bonds is 3. The number of ether oxygens (including phenoxy) is 1. The first kappa shape index (κ1) is 16.1. The number of hydrogen-bond acceptors (Lipinski definition) is 3. The summed E-state index contributed by atoms with van der Waals surface area (Å²) in [7, 11) is 0. The van der Waals surface area contributed by atoms with E-state index in [1.165, 1.54) is 11.0 Å². The zero-order chi connectivity index (χ0) is 15.6. The number of allylic oxidation sites excluding steroid dienone is 1. The summed E-state index contributed by atoms with van der Waals surface area (Å²) in [6.07, 6.45) is 4.91. The fourth-order valence-corrected chi connectivity index (χ4v) is 2.12. The minimum absolute atomic E-state index is 0.110. The highest BCUT2D eigenvalue weighted by Gasteiger charge is 2.14. The van der Waals surface area contributed by atoms with Crippen LogP contribution in [-0.4, -0.2) is 14.8 Å². The standard InChI is InChI=1S/C14H14Cl3N3O/c1-14(2,3)6-12(20-8-18-7-19-20)21-9-4-10(15)13(17)11(16)5-9/h4-8H,1-3H3/b12-6+. The van der Waals surface area contributed by atoms with Gasteiger partial charge in [0.2, 0.25) is 5.88 Å². The van der Waals surface area contributed by atoms with E-state index in [0.717, 1.165) is 0 Å². The molecule has 0 bridgehead atoms. The summed E-state index contributed by atoms with van der Waals surface area (Å²) in [5, 5.41) is 5.03. The predicted octanol–water partition coefficient (Wildman–Crippen LogP) is 5.16. The summed E-state index contributed by atoms with van der Waals surface area (Å²) >= 11 is 18.0. The van der Waals surface area contributed by atoms with Gasteiger partial charge in [0, 0.05) is 12.1 Å². The largest absolute Gasteiger partial charge is 0.439 e. The Morgan fingerprint density at radius 2 is 1.81 bits per heavy atom. The zero-order valence-electron chi connectivity index (χ0n) is 11.8. The molecule has 0 radical (unpaired) electrons. The number of aromatic nitrogens is 3. The maximum Gasteiger partial charge on any atom is 0.218 e. The van der Waals surface area contributed by atoms with Crippen molar-refractivity contribution in [2.45, 2.75) is 20.8 Å². The molecule has 0 N–H and O–H groups in total. The maximum absolute atomic E-state index is 6.01. The maximum atomic E-state index is 6.01. The first-order valence-electron chi connectivity index (χ1n) is 6.16. The molecule has 0 aliphatic carbocycles. The molecule has 0 amide bonds. The second-order valence-corrected chi connectivity index (χ2v) is 6.68. The van der Waals surface area contributed by atoms with Crippen LogP contribution in [0, 0.1) is 5.41 Å². The monoisotopic (exact) mass is 345 g/mol. The topological polar surface area (TPSA) is 39.9 Å². The molecule has 7 heteroatoms. The van der Waals surface area contributed by atoms with Gasteiger partial charge in [0.25, 0.3) is 0 Å². The van der Waals surface area contributed by atoms with Gasteiger partial charge in [-0.05, 0) is 11.5 Å². The first-order chi connectivity index (χ1) is 9.76. The van der Waals surface area contributed by atoms with Gasteiger partial charge in [0.05, 0.1) is 15.1 Å². The van der Waals surface area contributed by atoms with Crippen LogP contribution in [0.5, 0.6) is 5.75 Å². The average Bonchev–Trinajstić information content (AvgIpc) is 2.87. The quantitative estimate of drug-likeness (QED) is 0.569. The van der Waals surface area contributed by atoms with Crippen molar-refractivity contribution in [1.82, 2.24) is 14.8 Å². The SMILES string of the molecule is CC(C)(C)/C=C(/Oc1cc(Cl)c(Cl)c(Cl)c1)n1cncn1. The highest BCUT2D eigenvalue weighted by Crippen LogP contribution is 2.35.